The summed E-state index contributed by atoms with van der Waals surface area (Å²) in [6.07, 6.45) is 0.467. The van der Waals surface area contributed by atoms with Crippen LogP contribution in [0.4, 0.5) is 11.4 Å². The average Bonchev–Trinajstić information content (AvgIpc) is 2.31. The molecule has 1 heterocycles. The van der Waals surface area contributed by atoms with Crippen LogP contribution >= 0.6 is 11.8 Å². The number of hydrogen-bond acceptors (Lipinski definition) is 4. The Labute approximate surface area is 104 Å². The van der Waals surface area contributed by atoms with E-state index in [1.165, 1.54) is 0 Å². The van der Waals surface area contributed by atoms with Gasteiger partial charge in [0.1, 0.15) is 0 Å². The van der Waals surface area contributed by atoms with Gasteiger partial charge < -0.3 is 10.6 Å². The fourth-order valence-corrected chi connectivity index (χ4v) is 2.51. The Kier molecular flexibility index (Phi) is 3.55. The van der Waals surface area contributed by atoms with Gasteiger partial charge in [-0.2, -0.15) is 5.26 Å². The number of rotatable bonds is 3. The van der Waals surface area contributed by atoms with Gasteiger partial charge in [-0.25, -0.2) is 0 Å². The summed E-state index contributed by atoms with van der Waals surface area (Å²) in [6, 6.07) is 7.94. The van der Waals surface area contributed by atoms with Crippen molar-refractivity contribution in [3.05, 3.63) is 18.2 Å². The Morgan fingerprint density at radius 1 is 1.59 bits per heavy atom. The molecule has 0 aliphatic carbocycles. The molecule has 1 amide bonds. The maximum absolute atomic E-state index is 11.5. The lowest BCUT2D eigenvalue weighted by atomic mass is 10.2. The van der Waals surface area contributed by atoms with Crippen LogP contribution in [0.2, 0.25) is 0 Å². The third-order valence-corrected chi connectivity index (χ3v) is 3.65. The van der Waals surface area contributed by atoms with Gasteiger partial charge in [-0.1, -0.05) is 0 Å². The summed E-state index contributed by atoms with van der Waals surface area (Å²) in [7, 11) is 0. The van der Waals surface area contributed by atoms with Gasteiger partial charge in [0.15, 0.2) is 0 Å². The maximum Gasteiger partial charge on any atom is 0.237 e. The molecule has 1 unspecified atom stereocenters. The Morgan fingerprint density at radius 2 is 2.41 bits per heavy atom. The number of nitrogens with zero attached hydrogens (tertiary/aromatic N) is 1. The molecule has 4 nitrogen and oxygen atoms in total. The van der Waals surface area contributed by atoms with Gasteiger partial charge in [-0.3, -0.25) is 4.79 Å². The fraction of sp³-hybridized carbons (Fsp3) is 0.333. The second-order valence-corrected chi connectivity index (χ2v) is 5.18. The Bertz CT molecular complexity index is 481. The van der Waals surface area contributed by atoms with Crippen molar-refractivity contribution in [2.45, 2.75) is 23.5 Å². The van der Waals surface area contributed by atoms with Crippen LogP contribution in [0.25, 0.3) is 0 Å². The molecule has 17 heavy (non-hydrogen) atoms. The second kappa shape index (κ2) is 5.11. The van der Waals surface area contributed by atoms with E-state index in [2.05, 4.69) is 16.7 Å². The van der Waals surface area contributed by atoms with Crippen molar-refractivity contribution in [1.82, 2.24) is 0 Å². The van der Waals surface area contributed by atoms with E-state index in [9.17, 15) is 4.79 Å². The molecule has 5 heteroatoms. The third kappa shape index (κ3) is 2.71. The summed E-state index contributed by atoms with van der Waals surface area (Å²) in [5, 5.41) is 14.4. The molecule has 1 aromatic rings. The molecule has 0 saturated carbocycles. The second-order valence-electron chi connectivity index (χ2n) is 3.80. The third-order valence-electron chi connectivity index (χ3n) is 2.48. The Balaban J connectivity index is 2.12. The van der Waals surface area contributed by atoms with Crippen molar-refractivity contribution in [1.29, 1.82) is 5.26 Å². The number of benzene rings is 1. The van der Waals surface area contributed by atoms with Crippen molar-refractivity contribution >= 4 is 29.0 Å². The number of nitriles is 1. The highest BCUT2D eigenvalue weighted by atomic mass is 32.2. The van der Waals surface area contributed by atoms with E-state index in [1.807, 2.05) is 25.1 Å². The number of hydrogen-bond donors (Lipinski definition) is 2. The molecule has 0 saturated heterocycles. The molecule has 88 valence electrons. The number of carbonyl (C=O) groups excluding carboxylic acids is 1. The van der Waals surface area contributed by atoms with Crippen LogP contribution in [0, 0.1) is 11.3 Å². The lowest BCUT2D eigenvalue weighted by molar-refractivity contribution is -0.115. The van der Waals surface area contributed by atoms with Crippen molar-refractivity contribution < 1.29 is 4.79 Å². The van der Waals surface area contributed by atoms with Crippen molar-refractivity contribution in [3.8, 4) is 6.07 Å². The zero-order chi connectivity index (χ0) is 12.3. The molecular weight excluding hydrogens is 234 g/mol. The molecule has 0 radical (unpaired) electrons. The standard InChI is InChI=1S/C12H13N3OS/c1-8-12(16)15-10-7-9(14-6-2-5-13)3-4-11(10)17-8/h3-4,7-8,14H,2,6H2,1H3,(H,15,16). The highest BCUT2D eigenvalue weighted by Gasteiger charge is 2.22. The Hall–Kier alpha value is -1.67. The monoisotopic (exact) mass is 247 g/mol. The smallest absolute Gasteiger partial charge is 0.237 e. The minimum atomic E-state index is -0.0418. The predicted octanol–water partition coefficient (Wildman–Crippen LogP) is 2.44. The molecule has 1 aromatic carbocycles. The number of fused-ring (bicyclic) bond motifs is 1. The highest BCUT2D eigenvalue weighted by molar-refractivity contribution is 8.00. The van der Waals surface area contributed by atoms with E-state index in [0.717, 1.165) is 16.3 Å². The lowest BCUT2D eigenvalue weighted by Gasteiger charge is -2.22. The summed E-state index contributed by atoms with van der Waals surface area (Å²) in [5.74, 6) is 0.0386. The molecule has 1 aliphatic heterocycles. The largest absolute Gasteiger partial charge is 0.384 e. The number of anilines is 2. The first-order valence-corrected chi connectivity index (χ1v) is 6.31. The molecule has 0 aromatic heterocycles. The van der Waals surface area contributed by atoms with Gasteiger partial charge >= 0.3 is 0 Å². The normalized spacial score (nSPS) is 17.9. The first kappa shape index (κ1) is 11.8. The zero-order valence-corrected chi connectivity index (χ0v) is 10.3. The van der Waals surface area contributed by atoms with Crippen molar-refractivity contribution in [2.24, 2.45) is 0 Å². The van der Waals surface area contributed by atoms with Gasteiger partial charge in [0, 0.05) is 17.1 Å². The molecule has 0 spiro atoms. The van der Waals surface area contributed by atoms with Crippen LogP contribution in [0.15, 0.2) is 23.1 Å². The maximum atomic E-state index is 11.5. The molecule has 2 rings (SSSR count). The van der Waals surface area contributed by atoms with Gasteiger partial charge in [0.25, 0.3) is 0 Å². The summed E-state index contributed by atoms with van der Waals surface area (Å²) in [6.45, 7) is 2.51. The number of carbonyl (C=O) groups is 1. The fourth-order valence-electron chi connectivity index (χ4n) is 1.58. The lowest BCUT2D eigenvalue weighted by Crippen LogP contribution is -2.26. The summed E-state index contributed by atoms with van der Waals surface area (Å²) in [4.78, 5) is 12.6. The SMILES string of the molecule is CC1Sc2ccc(NCCC#N)cc2NC1=O. The van der Waals surface area contributed by atoms with Crippen LogP contribution in [-0.2, 0) is 4.79 Å². The van der Waals surface area contributed by atoms with Gasteiger partial charge in [-0.15, -0.1) is 11.8 Å². The van der Waals surface area contributed by atoms with Crippen LogP contribution in [-0.4, -0.2) is 17.7 Å². The molecule has 1 aliphatic rings. The van der Waals surface area contributed by atoms with Crippen LogP contribution in [0.5, 0.6) is 0 Å². The summed E-state index contributed by atoms with van der Waals surface area (Å²) in [5.41, 5.74) is 1.77. The highest BCUT2D eigenvalue weighted by Crippen LogP contribution is 2.36. The van der Waals surface area contributed by atoms with Crippen molar-refractivity contribution in [3.63, 3.8) is 0 Å². The van der Waals surface area contributed by atoms with E-state index < -0.39 is 0 Å². The first-order valence-electron chi connectivity index (χ1n) is 5.43. The van der Waals surface area contributed by atoms with Crippen LogP contribution in [0.1, 0.15) is 13.3 Å². The minimum Gasteiger partial charge on any atom is -0.384 e. The predicted molar refractivity (Wildman–Crippen MR) is 69.1 cm³/mol. The summed E-state index contributed by atoms with van der Waals surface area (Å²) >= 11 is 1.56. The first-order chi connectivity index (χ1) is 8.20. The topological polar surface area (TPSA) is 64.9 Å². The number of thioether (sulfide) groups is 1. The average molecular weight is 247 g/mol. The van der Waals surface area contributed by atoms with Gasteiger partial charge in [0.05, 0.1) is 23.4 Å². The quantitative estimate of drug-likeness (QED) is 0.805. The van der Waals surface area contributed by atoms with Crippen molar-refractivity contribution in [2.75, 3.05) is 17.2 Å². The molecule has 1 atom stereocenters. The van der Waals surface area contributed by atoms with E-state index >= 15 is 0 Å². The van der Waals surface area contributed by atoms with E-state index in [4.69, 9.17) is 5.26 Å². The summed E-state index contributed by atoms with van der Waals surface area (Å²) < 4.78 is 0. The van der Waals surface area contributed by atoms with Gasteiger partial charge in [-0.05, 0) is 25.1 Å². The molecule has 2 N–H and O–H groups in total. The Morgan fingerprint density at radius 3 is 3.18 bits per heavy atom. The number of nitrogens with one attached hydrogen (secondary N) is 2. The number of amides is 1. The molecular formula is C12H13N3OS. The van der Waals surface area contributed by atoms with Crippen LogP contribution < -0.4 is 10.6 Å². The zero-order valence-electron chi connectivity index (χ0n) is 9.49. The van der Waals surface area contributed by atoms with Gasteiger partial charge in [0.2, 0.25) is 5.91 Å². The molecule has 0 bridgehead atoms. The molecule has 0 fully saturated rings. The minimum absolute atomic E-state index is 0.0386. The van der Waals surface area contributed by atoms with E-state index in [-0.39, 0.29) is 11.2 Å². The van der Waals surface area contributed by atoms with E-state index in [1.54, 1.807) is 11.8 Å². The van der Waals surface area contributed by atoms with Crippen LogP contribution in [0.3, 0.4) is 0 Å². The van der Waals surface area contributed by atoms with E-state index in [0.29, 0.717) is 13.0 Å².